The highest BCUT2D eigenvalue weighted by Gasteiger charge is 2.11. The summed E-state index contributed by atoms with van der Waals surface area (Å²) in [5.74, 6) is -0.797. The van der Waals surface area contributed by atoms with E-state index in [9.17, 15) is 4.79 Å². The van der Waals surface area contributed by atoms with Crippen molar-refractivity contribution in [3.63, 3.8) is 0 Å². The van der Waals surface area contributed by atoms with Crippen molar-refractivity contribution in [3.05, 3.63) is 0 Å². The summed E-state index contributed by atoms with van der Waals surface area (Å²) in [5.41, 5.74) is 0. The van der Waals surface area contributed by atoms with Gasteiger partial charge in [-0.2, -0.15) is 12.6 Å². The largest absolute Gasteiger partial charge is 0.480 e. The van der Waals surface area contributed by atoms with Gasteiger partial charge >= 0.3 is 5.97 Å². The van der Waals surface area contributed by atoms with E-state index in [0.29, 0.717) is 0 Å². The third-order valence-corrected chi connectivity index (χ3v) is 1.24. The molecule has 0 bridgehead atoms. The van der Waals surface area contributed by atoms with Crippen molar-refractivity contribution < 1.29 is 9.90 Å². The zero-order chi connectivity index (χ0) is 6.57. The van der Waals surface area contributed by atoms with Gasteiger partial charge in [0, 0.05) is 5.75 Å². The fraction of sp³-hybridized carbons (Fsp3) is 0.667. The molecule has 2 N–H and O–H groups in total. The van der Waals surface area contributed by atoms with E-state index < -0.39 is 12.0 Å². The van der Waals surface area contributed by atoms with Crippen LogP contribution in [0.3, 0.4) is 0 Å². The lowest BCUT2D eigenvalue weighted by atomic mass is 10.4. The van der Waals surface area contributed by atoms with Gasteiger partial charge in [0.25, 0.3) is 0 Å². The van der Waals surface area contributed by atoms with Crippen LogP contribution in [0.15, 0.2) is 0 Å². The molecule has 0 saturated heterocycles. The second-order valence-corrected chi connectivity index (χ2v) is 1.77. The van der Waals surface area contributed by atoms with Crippen molar-refractivity contribution in [2.24, 2.45) is 0 Å². The molecule has 0 heterocycles. The Balaban J connectivity index is 3.52. The molecular formula is C3H6ClNO2S. The second-order valence-electron chi connectivity index (χ2n) is 1.18. The third-order valence-electron chi connectivity index (χ3n) is 0.612. The Labute approximate surface area is 57.5 Å². The summed E-state index contributed by atoms with van der Waals surface area (Å²) in [6, 6.07) is -0.750. The van der Waals surface area contributed by atoms with Crippen molar-refractivity contribution in [1.29, 1.82) is 0 Å². The smallest absolute Gasteiger partial charge is 0.322 e. The first-order valence-electron chi connectivity index (χ1n) is 1.92. The average molecular weight is 156 g/mol. The first-order chi connectivity index (χ1) is 3.72. The van der Waals surface area contributed by atoms with Crippen molar-refractivity contribution in [3.8, 4) is 0 Å². The predicted molar refractivity (Wildman–Crippen MR) is 34.3 cm³/mol. The van der Waals surface area contributed by atoms with E-state index in [2.05, 4.69) is 12.6 Å². The summed E-state index contributed by atoms with van der Waals surface area (Å²) in [4.78, 5) is 12.0. The number of carboxylic acid groups (broad SMARTS) is 1. The normalized spacial score (nSPS) is 13.2. The van der Waals surface area contributed by atoms with E-state index >= 15 is 0 Å². The highest BCUT2D eigenvalue weighted by Crippen LogP contribution is 1.87. The maximum Gasteiger partial charge on any atom is 0.322 e. The molecule has 0 aromatic carbocycles. The average Bonchev–Trinajstić information content (AvgIpc) is 1.69. The van der Waals surface area contributed by atoms with Crippen LogP contribution >= 0.6 is 24.4 Å². The molecule has 0 aromatic rings. The van der Waals surface area contributed by atoms with Gasteiger partial charge in [-0.25, -0.2) is 4.84 Å². The Kier molecular flexibility index (Phi) is 4.03. The van der Waals surface area contributed by atoms with Gasteiger partial charge in [0.1, 0.15) is 6.04 Å². The molecule has 0 amide bonds. The second kappa shape index (κ2) is 4.00. The Bertz CT molecular complexity index is 85.4. The van der Waals surface area contributed by atoms with E-state index in [1.807, 2.05) is 4.84 Å². The molecular weight excluding hydrogens is 150 g/mol. The van der Waals surface area contributed by atoms with Gasteiger partial charge in [-0.1, -0.05) is 0 Å². The van der Waals surface area contributed by atoms with Crippen LogP contribution in [-0.4, -0.2) is 22.9 Å². The van der Waals surface area contributed by atoms with Crippen LogP contribution in [0.25, 0.3) is 0 Å². The number of nitrogens with one attached hydrogen (secondary N) is 1. The van der Waals surface area contributed by atoms with Gasteiger partial charge in [0.15, 0.2) is 0 Å². The molecule has 0 aliphatic carbocycles. The first-order valence-corrected chi connectivity index (χ1v) is 2.93. The lowest BCUT2D eigenvalue weighted by molar-refractivity contribution is -0.138. The predicted octanol–water partition coefficient (Wildman–Crippen LogP) is 0.113. The molecule has 0 aliphatic heterocycles. The lowest BCUT2D eigenvalue weighted by Crippen LogP contribution is -2.31. The van der Waals surface area contributed by atoms with Crippen LogP contribution in [0.1, 0.15) is 0 Å². The van der Waals surface area contributed by atoms with Crippen molar-refractivity contribution in [2.75, 3.05) is 5.75 Å². The highest BCUT2D eigenvalue weighted by molar-refractivity contribution is 7.80. The van der Waals surface area contributed by atoms with Crippen molar-refractivity contribution >= 4 is 30.4 Å². The summed E-state index contributed by atoms with van der Waals surface area (Å²) in [7, 11) is 0. The SMILES string of the molecule is O=C(O)C(CS)NCl. The molecule has 0 aliphatic rings. The van der Waals surface area contributed by atoms with Crippen molar-refractivity contribution in [1.82, 2.24) is 4.84 Å². The number of halogens is 1. The van der Waals surface area contributed by atoms with E-state index in [0.717, 1.165) is 0 Å². The Morgan fingerprint density at radius 2 is 2.50 bits per heavy atom. The summed E-state index contributed by atoms with van der Waals surface area (Å²) in [6.07, 6.45) is 0. The molecule has 0 rings (SSSR count). The van der Waals surface area contributed by atoms with Crippen LogP contribution in [0, 0.1) is 0 Å². The molecule has 48 valence electrons. The quantitative estimate of drug-likeness (QED) is 0.401. The molecule has 3 nitrogen and oxygen atoms in total. The van der Waals surface area contributed by atoms with Gasteiger partial charge in [-0.3, -0.25) is 4.79 Å². The number of aliphatic carboxylic acids is 1. The maximum absolute atomic E-state index is 9.97. The minimum absolute atomic E-state index is 0.193. The highest BCUT2D eigenvalue weighted by atomic mass is 35.5. The molecule has 1 atom stereocenters. The lowest BCUT2D eigenvalue weighted by Gasteiger charge is -2.02. The fourth-order valence-electron chi connectivity index (χ4n) is 0.159. The van der Waals surface area contributed by atoms with Crippen LogP contribution in [0.4, 0.5) is 0 Å². The monoisotopic (exact) mass is 155 g/mol. The van der Waals surface area contributed by atoms with Crippen LogP contribution in [0.2, 0.25) is 0 Å². The standard InChI is InChI=1S/C3H6ClNO2S/c4-5-2(1-8)3(6)7/h2,5,8H,1H2,(H,6,7). The van der Waals surface area contributed by atoms with E-state index in [-0.39, 0.29) is 5.75 Å². The molecule has 1 unspecified atom stereocenters. The maximum atomic E-state index is 9.97. The summed E-state index contributed by atoms with van der Waals surface area (Å²) < 4.78 is 0. The molecule has 0 spiro atoms. The number of thiol groups is 1. The number of hydrogen-bond acceptors (Lipinski definition) is 3. The van der Waals surface area contributed by atoms with Gasteiger partial charge in [-0.15, -0.1) is 0 Å². The van der Waals surface area contributed by atoms with E-state index in [4.69, 9.17) is 16.9 Å². The van der Waals surface area contributed by atoms with Crippen LogP contribution in [-0.2, 0) is 4.79 Å². The van der Waals surface area contributed by atoms with E-state index in [1.54, 1.807) is 0 Å². The third kappa shape index (κ3) is 2.40. The summed E-state index contributed by atoms with van der Waals surface area (Å²) in [6.45, 7) is 0. The number of carboxylic acids is 1. The first kappa shape index (κ1) is 8.07. The Morgan fingerprint density at radius 1 is 2.00 bits per heavy atom. The van der Waals surface area contributed by atoms with Crippen molar-refractivity contribution in [2.45, 2.75) is 6.04 Å². The number of hydrogen-bond donors (Lipinski definition) is 3. The van der Waals surface area contributed by atoms with Gasteiger partial charge in [0.2, 0.25) is 0 Å². The van der Waals surface area contributed by atoms with Crippen LogP contribution < -0.4 is 4.84 Å². The number of rotatable bonds is 3. The van der Waals surface area contributed by atoms with Gasteiger partial charge in [0.05, 0.1) is 0 Å². The molecule has 0 radical (unpaired) electrons. The molecule has 0 saturated carbocycles. The zero-order valence-corrected chi connectivity index (χ0v) is 5.62. The summed E-state index contributed by atoms with van der Waals surface area (Å²) >= 11 is 8.69. The molecule has 0 fully saturated rings. The van der Waals surface area contributed by atoms with E-state index in [1.165, 1.54) is 0 Å². The number of carbonyl (C=O) groups is 1. The van der Waals surface area contributed by atoms with Crippen LogP contribution in [0.5, 0.6) is 0 Å². The zero-order valence-electron chi connectivity index (χ0n) is 3.97. The summed E-state index contributed by atoms with van der Waals surface area (Å²) in [5, 5.41) is 8.18. The molecule has 8 heavy (non-hydrogen) atoms. The minimum Gasteiger partial charge on any atom is -0.480 e. The molecule has 5 heteroatoms. The van der Waals surface area contributed by atoms with Gasteiger partial charge < -0.3 is 5.11 Å². The van der Waals surface area contributed by atoms with Gasteiger partial charge in [-0.05, 0) is 11.8 Å². The topological polar surface area (TPSA) is 49.3 Å². The molecule has 0 aromatic heterocycles. The Hall–Kier alpha value is 0.0700. The fourth-order valence-corrected chi connectivity index (χ4v) is 0.685. The Morgan fingerprint density at radius 3 is 2.50 bits per heavy atom. The minimum atomic E-state index is -0.991.